The number of para-hydroxylation sites is 1. The highest BCUT2D eigenvalue weighted by molar-refractivity contribution is 7.89. The molecule has 1 aliphatic rings. The summed E-state index contributed by atoms with van der Waals surface area (Å²) in [6.07, 6.45) is 0.970. The summed E-state index contributed by atoms with van der Waals surface area (Å²) in [7, 11) is -3.84. The van der Waals surface area contributed by atoms with Crippen molar-refractivity contribution >= 4 is 54.2 Å². The van der Waals surface area contributed by atoms with Crippen LogP contribution in [0.5, 0.6) is 0 Å². The van der Waals surface area contributed by atoms with Gasteiger partial charge in [-0.15, -0.1) is 0 Å². The number of carbonyl (C=O) groups is 1. The fraction of sp³-hybridized carbons (Fsp3) is 0.222. The second kappa shape index (κ2) is 7.40. The molecule has 4 rings (SSSR count). The molecule has 1 N–H and O–H groups in total. The van der Waals surface area contributed by atoms with Crippen molar-refractivity contribution in [3.8, 4) is 0 Å². The van der Waals surface area contributed by atoms with E-state index < -0.39 is 27.8 Å². The smallest absolute Gasteiger partial charge is 0.244 e. The third-order valence-corrected chi connectivity index (χ3v) is 7.64. The molecule has 0 bridgehead atoms. The highest BCUT2D eigenvalue weighted by Crippen LogP contribution is 2.30. The molecule has 146 valence electrons. The second-order valence-corrected chi connectivity index (χ2v) is 9.68. The Morgan fingerprint density at radius 1 is 1.25 bits per heavy atom. The molecule has 28 heavy (non-hydrogen) atoms. The summed E-state index contributed by atoms with van der Waals surface area (Å²) >= 11 is 6.97. The summed E-state index contributed by atoms with van der Waals surface area (Å²) in [6.45, 7) is 0.248. The van der Waals surface area contributed by atoms with Gasteiger partial charge in [-0.2, -0.15) is 4.31 Å². The van der Waals surface area contributed by atoms with Crippen LogP contribution in [0.2, 0.25) is 5.02 Å². The molecule has 1 atom stereocenters. The van der Waals surface area contributed by atoms with E-state index in [9.17, 15) is 17.6 Å². The third-order valence-electron chi connectivity index (χ3n) is 4.53. The molecule has 2 aromatic carbocycles. The standard InChI is InChI=1S/C18H15ClFN3O3S2/c19-11-6-8-12(9-7-11)28(25,26)23-10-2-4-14(23)17(24)22-18-21-16-13(20)3-1-5-15(16)27-18/h1,3,5-9,14H,2,4,10H2,(H,21,22,24). The Morgan fingerprint density at radius 3 is 2.71 bits per heavy atom. The van der Waals surface area contributed by atoms with Gasteiger partial charge in [0.15, 0.2) is 5.13 Å². The number of carbonyl (C=O) groups excluding carboxylic acids is 1. The molecule has 1 fully saturated rings. The van der Waals surface area contributed by atoms with E-state index in [4.69, 9.17) is 11.6 Å². The van der Waals surface area contributed by atoms with E-state index >= 15 is 0 Å². The minimum Gasteiger partial charge on any atom is -0.301 e. The number of hydrogen-bond donors (Lipinski definition) is 1. The van der Waals surface area contributed by atoms with Gasteiger partial charge in [-0.25, -0.2) is 17.8 Å². The Labute approximate surface area is 170 Å². The SMILES string of the molecule is O=C(Nc1nc2c(F)cccc2s1)C1CCCN1S(=O)(=O)c1ccc(Cl)cc1. The van der Waals surface area contributed by atoms with E-state index in [0.717, 1.165) is 11.3 Å². The summed E-state index contributed by atoms with van der Waals surface area (Å²) in [4.78, 5) is 16.9. The van der Waals surface area contributed by atoms with Crippen LogP contribution >= 0.6 is 22.9 Å². The predicted molar refractivity (Wildman–Crippen MR) is 107 cm³/mol. The van der Waals surface area contributed by atoms with Crippen molar-refractivity contribution in [3.05, 3.63) is 53.3 Å². The van der Waals surface area contributed by atoms with Crippen LogP contribution in [0.3, 0.4) is 0 Å². The zero-order valence-electron chi connectivity index (χ0n) is 14.4. The van der Waals surface area contributed by atoms with Gasteiger partial charge in [0.25, 0.3) is 0 Å². The maximum atomic E-state index is 13.8. The van der Waals surface area contributed by atoms with Gasteiger partial charge in [0.2, 0.25) is 15.9 Å². The Hall–Kier alpha value is -2.07. The van der Waals surface area contributed by atoms with Gasteiger partial charge in [0.05, 0.1) is 9.60 Å². The van der Waals surface area contributed by atoms with E-state index in [1.807, 2.05) is 0 Å². The number of thiazole rings is 1. The topological polar surface area (TPSA) is 79.4 Å². The average molecular weight is 440 g/mol. The van der Waals surface area contributed by atoms with Gasteiger partial charge in [0.1, 0.15) is 17.4 Å². The quantitative estimate of drug-likeness (QED) is 0.669. The van der Waals surface area contributed by atoms with Crippen molar-refractivity contribution in [1.82, 2.24) is 9.29 Å². The molecule has 1 amide bonds. The molecule has 0 saturated carbocycles. The molecule has 1 aromatic heterocycles. The number of amides is 1. The van der Waals surface area contributed by atoms with E-state index in [1.54, 1.807) is 12.1 Å². The Bertz CT molecular complexity index is 1150. The average Bonchev–Trinajstić information content (AvgIpc) is 3.30. The first-order valence-electron chi connectivity index (χ1n) is 8.49. The summed E-state index contributed by atoms with van der Waals surface area (Å²) < 4.78 is 41.5. The van der Waals surface area contributed by atoms with E-state index in [1.165, 1.54) is 34.6 Å². The molecule has 10 heteroatoms. The minimum atomic E-state index is -3.84. The van der Waals surface area contributed by atoms with Crippen LogP contribution in [0.25, 0.3) is 10.2 Å². The maximum Gasteiger partial charge on any atom is 0.244 e. The molecule has 3 aromatic rings. The van der Waals surface area contributed by atoms with E-state index in [-0.39, 0.29) is 22.1 Å². The zero-order chi connectivity index (χ0) is 19.9. The first kappa shape index (κ1) is 19.3. The Kier molecular flexibility index (Phi) is 5.09. The minimum absolute atomic E-state index is 0.0821. The highest BCUT2D eigenvalue weighted by atomic mass is 35.5. The molecular weight excluding hydrogens is 425 g/mol. The van der Waals surface area contributed by atoms with E-state index in [0.29, 0.717) is 22.6 Å². The van der Waals surface area contributed by atoms with Crippen LogP contribution < -0.4 is 5.32 Å². The van der Waals surface area contributed by atoms with E-state index in [2.05, 4.69) is 10.3 Å². The Morgan fingerprint density at radius 2 is 2.00 bits per heavy atom. The van der Waals surface area contributed by atoms with Crippen LogP contribution in [-0.2, 0) is 14.8 Å². The van der Waals surface area contributed by atoms with Gasteiger partial charge in [0, 0.05) is 11.6 Å². The first-order valence-corrected chi connectivity index (χ1v) is 11.1. The van der Waals surface area contributed by atoms with Crippen LogP contribution in [0.1, 0.15) is 12.8 Å². The van der Waals surface area contributed by atoms with Gasteiger partial charge in [-0.3, -0.25) is 4.79 Å². The second-order valence-electron chi connectivity index (χ2n) is 6.32. The lowest BCUT2D eigenvalue weighted by atomic mass is 10.2. The summed E-state index contributed by atoms with van der Waals surface area (Å²) in [5.41, 5.74) is 0.180. The molecule has 1 saturated heterocycles. The van der Waals surface area contributed by atoms with Gasteiger partial charge in [-0.05, 0) is 49.2 Å². The van der Waals surface area contributed by atoms with Crippen molar-refractivity contribution in [3.63, 3.8) is 0 Å². The van der Waals surface area contributed by atoms with Crippen LogP contribution in [0.15, 0.2) is 47.4 Å². The number of rotatable bonds is 4. The molecule has 0 spiro atoms. The predicted octanol–water partition coefficient (Wildman–Crippen LogP) is 3.88. The number of nitrogens with zero attached hydrogens (tertiary/aromatic N) is 2. The van der Waals surface area contributed by atoms with Crippen LogP contribution in [0.4, 0.5) is 9.52 Å². The number of benzene rings is 2. The number of halogens is 2. The molecule has 1 aliphatic heterocycles. The lowest BCUT2D eigenvalue weighted by Crippen LogP contribution is -2.43. The van der Waals surface area contributed by atoms with Gasteiger partial charge < -0.3 is 5.32 Å². The number of nitrogens with one attached hydrogen (secondary N) is 1. The fourth-order valence-corrected chi connectivity index (χ4v) is 5.85. The number of anilines is 1. The van der Waals surface area contributed by atoms with Crippen molar-refractivity contribution < 1.29 is 17.6 Å². The third kappa shape index (κ3) is 3.50. The van der Waals surface area contributed by atoms with Crippen molar-refractivity contribution in [2.45, 2.75) is 23.8 Å². The van der Waals surface area contributed by atoms with Crippen LogP contribution in [-0.4, -0.2) is 36.2 Å². The maximum absolute atomic E-state index is 13.8. The van der Waals surface area contributed by atoms with Crippen molar-refractivity contribution in [2.24, 2.45) is 0 Å². The van der Waals surface area contributed by atoms with Gasteiger partial charge in [-0.1, -0.05) is 29.0 Å². The van der Waals surface area contributed by atoms with Gasteiger partial charge >= 0.3 is 0 Å². The fourth-order valence-electron chi connectivity index (χ4n) is 3.19. The number of sulfonamides is 1. The molecule has 0 radical (unpaired) electrons. The van der Waals surface area contributed by atoms with Crippen molar-refractivity contribution in [1.29, 1.82) is 0 Å². The lowest BCUT2D eigenvalue weighted by Gasteiger charge is -2.23. The largest absolute Gasteiger partial charge is 0.301 e. The summed E-state index contributed by atoms with van der Waals surface area (Å²) in [6, 6.07) is 9.55. The van der Waals surface area contributed by atoms with Crippen LogP contribution in [0, 0.1) is 5.82 Å². The molecule has 1 unspecified atom stereocenters. The number of fused-ring (bicyclic) bond motifs is 1. The number of hydrogen-bond acceptors (Lipinski definition) is 5. The monoisotopic (exact) mass is 439 g/mol. The molecule has 0 aliphatic carbocycles. The highest BCUT2D eigenvalue weighted by Gasteiger charge is 2.39. The number of aromatic nitrogens is 1. The molecule has 2 heterocycles. The molecular formula is C18H15ClFN3O3S2. The first-order chi connectivity index (χ1) is 13.4. The Balaban J connectivity index is 1.57. The summed E-state index contributed by atoms with van der Waals surface area (Å²) in [5, 5.41) is 3.30. The normalized spacial score (nSPS) is 17.9. The summed E-state index contributed by atoms with van der Waals surface area (Å²) in [5.74, 6) is -0.948. The molecule has 6 nitrogen and oxygen atoms in total. The van der Waals surface area contributed by atoms with Crippen molar-refractivity contribution in [2.75, 3.05) is 11.9 Å². The lowest BCUT2D eigenvalue weighted by molar-refractivity contribution is -0.119. The zero-order valence-corrected chi connectivity index (χ0v) is 16.8.